The normalized spacial score (nSPS) is 11.9. The van der Waals surface area contributed by atoms with Crippen molar-refractivity contribution in [3.63, 3.8) is 0 Å². The van der Waals surface area contributed by atoms with Crippen LogP contribution in [0.15, 0.2) is 59.1 Å². The molecule has 0 aliphatic rings. The molecule has 1 amide bonds. The summed E-state index contributed by atoms with van der Waals surface area (Å²) in [6, 6.07) is 17.8. The van der Waals surface area contributed by atoms with Gasteiger partial charge < -0.3 is 5.32 Å². The lowest BCUT2D eigenvalue weighted by molar-refractivity contribution is -0.119. The summed E-state index contributed by atoms with van der Waals surface area (Å²) in [5.41, 5.74) is 2.15. The van der Waals surface area contributed by atoms with E-state index in [2.05, 4.69) is 21.2 Å². The second kappa shape index (κ2) is 5.83. The van der Waals surface area contributed by atoms with E-state index in [1.54, 1.807) is 0 Å². The average molecular weight is 304 g/mol. The van der Waals surface area contributed by atoms with Crippen LogP contribution in [0, 0.1) is 0 Å². The molecule has 2 aromatic rings. The highest BCUT2D eigenvalue weighted by Crippen LogP contribution is 2.23. The van der Waals surface area contributed by atoms with Crippen LogP contribution in [-0.2, 0) is 4.79 Å². The first-order valence-corrected chi connectivity index (χ1v) is 6.53. The van der Waals surface area contributed by atoms with Crippen LogP contribution in [0.4, 0.5) is 0 Å². The predicted octanol–water partition coefficient (Wildman–Crippen LogP) is 3.67. The van der Waals surface area contributed by atoms with E-state index in [9.17, 15) is 4.79 Å². The van der Waals surface area contributed by atoms with E-state index in [4.69, 9.17) is 0 Å². The first-order chi connectivity index (χ1) is 8.66. The molecular formula is C15H14BrNO. The maximum atomic E-state index is 11.3. The summed E-state index contributed by atoms with van der Waals surface area (Å²) in [6.45, 7) is 1.54. The van der Waals surface area contributed by atoms with Crippen molar-refractivity contribution < 1.29 is 4.79 Å². The lowest BCUT2D eigenvalue weighted by atomic mass is 9.99. The Balaban J connectivity index is 2.36. The molecule has 0 aliphatic heterocycles. The number of nitrogens with one attached hydrogen (secondary N) is 1. The molecular weight excluding hydrogens is 290 g/mol. The lowest BCUT2D eigenvalue weighted by Gasteiger charge is -2.19. The van der Waals surface area contributed by atoms with Gasteiger partial charge in [-0.25, -0.2) is 0 Å². The Morgan fingerprint density at radius 2 is 1.56 bits per heavy atom. The van der Waals surface area contributed by atoms with Crippen LogP contribution in [0.25, 0.3) is 0 Å². The summed E-state index contributed by atoms with van der Waals surface area (Å²) < 4.78 is 1.03. The van der Waals surface area contributed by atoms with Crippen molar-refractivity contribution in [2.75, 3.05) is 0 Å². The third-order valence-corrected chi connectivity index (χ3v) is 3.21. The summed E-state index contributed by atoms with van der Waals surface area (Å²) >= 11 is 3.41. The molecule has 2 nitrogen and oxygen atoms in total. The molecule has 1 atom stereocenters. The Morgan fingerprint density at radius 3 is 2.11 bits per heavy atom. The van der Waals surface area contributed by atoms with Gasteiger partial charge in [0.1, 0.15) is 0 Å². The van der Waals surface area contributed by atoms with Crippen LogP contribution in [0.2, 0.25) is 0 Å². The van der Waals surface area contributed by atoms with Crippen LogP contribution >= 0.6 is 15.9 Å². The Bertz CT molecular complexity index is 522. The van der Waals surface area contributed by atoms with Crippen LogP contribution in [-0.4, -0.2) is 5.91 Å². The number of carbonyl (C=O) groups is 1. The Morgan fingerprint density at radius 1 is 1.00 bits per heavy atom. The van der Waals surface area contributed by atoms with Gasteiger partial charge in [0.05, 0.1) is 6.04 Å². The number of rotatable bonds is 3. The molecule has 0 spiro atoms. The van der Waals surface area contributed by atoms with Crippen LogP contribution < -0.4 is 5.32 Å². The fraction of sp³-hybridized carbons (Fsp3) is 0.133. The van der Waals surface area contributed by atoms with Crippen LogP contribution in [0.1, 0.15) is 24.1 Å². The van der Waals surface area contributed by atoms with Crippen molar-refractivity contribution in [3.8, 4) is 0 Å². The monoisotopic (exact) mass is 303 g/mol. The van der Waals surface area contributed by atoms with Crippen molar-refractivity contribution >= 4 is 21.8 Å². The largest absolute Gasteiger partial charge is 0.345 e. The molecule has 18 heavy (non-hydrogen) atoms. The molecule has 0 aromatic heterocycles. The van der Waals surface area contributed by atoms with Gasteiger partial charge in [0, 0.05) is 11.4 Å². The fourth-order valence-corrected chi connectivity index (χ4v) is 2.13. The van der Waals surface area contributed by atoms with E-state index in [1.807, 2.05) is 54.6 Å². The summed E-state index contributed by atoms with van der Waals surface area (Å²) in [7, 11) is 0. The van der Waals surface area contributed by atoms with Crippen molar-refractivity contribution in [1.29, 1.82) is 0 Å². The lowest BCUT2D eigenvalue weighted by Crippen LogP contribution is -2.26. The predicted molar refractivity (Wildman–Crippen MR) is 76.2 cm³/mol. The van der Waals surface area contributed by atoms with Crippen molar-refractivity contribution in [2.45, 2.75) is 13.0 Å². The smallest absolute Gasteiger partial charge is 0.217 e. The zero-order valence-corrected chi connectivity index (χ0v) is 11.6. The molecule has 0 bridgehead atoms. The van der Waals surface area contributed by atoms with E-state index in [0.717, 1.165) is 15.6 Å². The average Bonchev–Trinajstić information content (AvgIpc) is 2.38. The Labute approximate surface area is 115 Å². The van der Waals surface area contributed by atoms with E-state index < -0.39 is 0 Å². The second-order valence-electron chi connectivity index (χ2n) is 4.10. The number of carbonyl (C=O) groups excluding carboxylic acids is 1. The Hall–Kier alpha value is -1.61. The molecule has 0 saturated heterocycles. The first-order valence-electron chi connectivity index (χ1n) is 5.74. The molecule has 0 aliphatic carbocycles. The molecule has 1 unspecified atom stereocenters. The SMILES string of the molecule is CC(=O)NC(c1ccccc1)c1ccc(Br)cc1. The molecule has 0 radical (unpaired) electrons. The first kappa shape index (κ1) is 12.8. The van der Waals surface area contributed by atoms with Gasteiger partial charge in [-0.1, -0.05) is 58.4 Å². The third-order valence-electron chi connectivity index (χ3n) is 2.68. The molecule has 2 rings (SSSR count). The number of amides is 1. The topological polar surface area (TPSA) is 29.1 Å². The number of hydrogen-bond acceptors (Lipinski definition) is 1. The molecule has 1 N–H and O–H groups in total. The van der Waals surface area contributed by atoms with Crippen LogP contribution in [0.5, 0.6) is 0 Å². The molecule has 0 fully saturated rings. The summed E-state index contributed by atoms with van der Waals surface area (Å²) in [5, 5.41) is 2.98. The summed E-state index contributed by atoms with van der Waals surface area (Å²) in [5.74, 6) is -0.0354. The minimum absolute atomic E-state index is 0.0354. The van der Waals surface area contributed by atoms with E-state index >= 15 is 0 Å². The van der Waals surface area contributed by atoms with Gasteiger partial charge in [-0.2, -0.15) is 0 Å². The van der Waals surface area contributed by atoms with E-state index in [1.165, 1.54) is 6.92 Å². The highest BCUT2D eigenvalue weighted by Gasteiger charge is 2.14. The Kier molecular flexibility index (Phi) is 4.15. The van der Waals surface area contributed by atoms with Gasteiger partial charge >= 0.3 is 0 Å². The third kappa shape index (κ3) is 3.20. The fourth-order valence-electron chi connectivity index (χ4n) is 1.86. The highest BCUT2D eigenvalue weighted by atomic mass is 79.9. The minimum atomic E-state index is -0.100. The molecule has 3 heteroatoms. The molecule has 92 valence electrons. The van der Waals surface area contributed by atoms with Gasteiger partial charge in [0.25, 0.3) is 0 Å². The van der Waals surface area contributed by atoms with E-state index in [-0.39, 0.29) is 11.9 Å². The van der Waals surface area contributed by atoms with Crippen molar-refractivity contribution in [1.82, 2.24) is 5.32 Å². The van der Waals surface area contributed by atoms with Crippen molar-refractivity contribution in [2.24, 2.45) is 0 Å². The number of halogens is 1. The van der Waals surface area contributed by atoms with Gasteiger partial charge in [0.15, 0.2) is 0 Å². The zero-order chi connectivity index (χ0) is 13.0. The van der Waals surface area contributed by atoms with E-state index in [0.29, 0.717) is 0 Å². The maximum Gasteiger partial charge on any atom is 0.217 e. The standard InChI is InChI=1S/C15H14BrNO/c1-11(18)17-15(12-5-3-2-4-6-12)13-7-9-14(16)10-8-13/h2-10,15H,1H3,(H,17,18). The summed E-state index contributed by atoms with van der Waals surface area (Å²) in [6.07, 6.45) is 0. The number of benzene rings is 2. The van der Waals surface area contributed by atoms with Gasteiger partial charge in [-0.05, 0) is 23.3 Å². The van der Waals surface area contributed by atoms with Gasteiger partial charge in [-0.3, -0.25) is 4.79 Å². The molecule has 0 heterocycles. The maximum absolute atomic E-state index is 11.3. The highest BCUT2D eigenvalue weighted by molar-refractivity contribution is 9.10. The minimum Gasteiger partial charge on any atom is -0.345 e. The number of hydrogen-bond donors (Lipinski definition) is 1. The van der Waals surface area contributed by atoms with Gasteiger partial charge in [-0.15, -0.1) is 0 Å². The van der Waals surface area contributed by atoms with Gasteiger partial charge in [0.2, 0.25) is 5.91 Å². The quantitative estimate of drug-likeness (QED) is 0.921. The molecule has 2 aromatic carbocycles. The van der Waals surface area contributed by atoms with Crippen LogP contribution in [0.3, 0.4) is 0 Å². The zero-order valence-electron chi connectivity index (χ0n) is 10.1. The second-order valence-corrected chi connectivity index (χ2v) is 5.01. The van der Waals surface area contributed by atoms with Crippen molar-refractivity contribution in [3.05, 3.63) is 70.2 Å². The molecule has 0 saturated carbocycles. The summed E-state index contributed by atoms with van der Waals surface area (Å²) in [4.78, 5) is 11.3.